The molecule has 0 saturated heterocycles. The summed E-state index contributed by atoms with van der Waals surface area (Å²) in [4.78, 5) is 21.3. The number of carbonyl (C=O) groups is 1. The van der Waals surface area contributed by atoms with Gasteiger partial charge in [0.25, 0.3) is 5.91 Å². The molecule has 0 atom stereocenters. The van der Waals surface area contributed by atoms with E-state index in [0.717, 1.165) is 37.8 Å². The van der Waals surface area contributed by atoms with E-state index in [4.69, 9.17) is 16.6 Å². The number of rotatable bonds is 7. The molecule has 1 amide bonds. The average Bonchev–Trinajstić information content (AvgIpc) is 3.34. The van der Waals surface area contributed by atoms with Gasteiger partial charge in [-0.25, -0.2) is 4.98 Å². The van der Waals surface area contributed by atoms with Crippen LogP contribution in [0, 0.1) is 20.8 Å². The Hall–Kier alpha value is -2.35. The first kappa shape index (κ1) is 22.8. The fourth-order valence-electron chi connectivity index (χ4n) is 3.60. The molecule has 2 heterocycles. The molecule has 0 aliphatic carbocycles. The molecule has 8 heteroatoms. The first-order valence-electron chi connectivity index (χ1n) is 10.5. The number of benzene rings is 2. The molecule has 4 rings (SSSR count). The van der Waals surface area contributed by atoms with Crippen molar-refractivity contribution in [3.8, 4) is 0 Å². The van der Waals surface area contributed by atoms with Gasteiger partial charge in [-0.3, -0.25) is 14.4 Å². The maximum absolute atomic E-state index is 13.6. The highest BCUT2D eigenvalue weighted by Crippen LogP contribution is 2.34. The number of nitrogens with zero attached hydrogens (tertiary/aromatic N) is 4. The number of fused-ring (bicyclic) bond motifs is 1. The summed E-state index contributed by atoms with van der Waals surface area (Å²) in [6.45, 7) is 9.14. The molecule has 2 aromatic heterocycles. The first-order chi connectivity index (χ1) is 15.4. The van der Waals surface area contributed by atoms with Gasteiger partial charge in [0.1, 0.15) is 0 Å². The minimum absolute atomic E-state index is 0.0672. The molecule has 32 heavy (non-hydrogen) atoms. The third-order valence-corrected chi connectivity index (χ3v) is 7.61. The van der Waals surface area contributed by atoms with Crippen molar-refractivity contribution in [2.45, 2.75) is 39.1 Å². The van der Waals surface area contributed by atoms with Crippen LogP contribution in [0.25, 0.3) is 10.2 Å². The van der Waals surface area contributed by atoms with Crippen LogP contribution in [-0.2, 0) is 6.54 Å². The summed E-state index contributed by atoms with van der Waals surface area (Å²) in [7, 11) is 0. The normalized spacial score (nSPS) is 11.3. The van der Waals surface area contributed by atoms with Gasteiger partial charge in [-0.15, -0.1) is 11.8 Å². The summed E-state index contributed by atoms with van der Waals surface area (Å²) in [5.41, 5.74) is 4.46. The molecule has 4 aromatic rings. The first-order valence-corrected chi connectivity index (χ1v) is 12.7. The van der Waals surface area contributed by atoms with E-state index in [-0.39, 0.29) is 5.91 Å². The number of carbonyl (C=O) groups excluding carboxylic acids is 1. The third kappa shape index (κ3) is 4.70. The number of aryl methyl sites for hydroxylation is 3. The highest BCUT2D eigenvalue weighted by molar-refractivity contribution is 7.99. The summed E-state index contributed by atoms with van der Waals surface area (Å²) in [6, 6.07) is 13.7. The molecule has 0 fully saturated rings. The van der Waals surface area contributed by atoms with Gasteiger partial charge in [-0.1, -0.05) is 29.9 Å². The number of anilines is 1. The van der Waals surface area contributed by atoms with Crippen LogP contribution in [0.2, 0.25) is 5.02 Å². The van der Waals surface area contributed by atoms with Gasteiger partial charge < -0.3 is 0 Å². The molecule has 0 aliphatic heterocycles. The lowest BCUT2D eigenvalue weighted by Gasteiger charge is -2.20. The van der Waals surface area contributed by atoms with Crippen molar-refractivity contribution in [3.63, 3.8) is 0 Å². The van der Waals surface area contributed by atoms with Gasteiger partial charge in [-0.2, -0.15) is 5.10 Å². The lowest BCUT2D eigenvalue weighted by Crippen LogP contribution is -2.34. The smallest absolute Gasteiger partial charge is 0.260 e. The Morgan fingerprint density at radius 1 is 1.16 bits per heavy atom. The van der Waals surface area contributed by atoms with E-state index in [1.807, 2.05) is 67.9 Å². The van der Waals surface area contributed by atoms with Gasteiger partial charge in [0.2, 0.25) is 0 Å². The summed E-state index contributed by atoms with van der Waals surface area (Å²) < 4.78 is 2.95. The van der Waals surface area contributed by atoms with E-state index in [9.17, 15) is 4.79 Å². The van der Waals surface area contributed by atoms with Crippen LogP contribution in [0.1, 0.15) is 34.2 Å². The molecule has 0 aliphatic rings. The highest BCUT2D eigenvalue weighted by atomic mass is 35.5. The Kier molecular flexibility index (Phi) is 6.88. The molecule has 2 aromatic carbocycles. The monoisotopic (exact) mass is 484 g/mol. The zero-order valence-corrected chi connectivity index (χ0v) is 20.9. The van der Waals surface area contributed by atoms with Crippen LogP contribution >= 0.6 is 34.7 Å². The molecule has 0 radical (unpaired) electrons. The second-order valence-electron chi connectivity index (χ2n) is 7.58. The summed E-state index contributed by atoms with van der Waals surface area (Å²) >= 11 is 9.57. The Balaban J connectivity index is 1.69. The van der Waals surface area contributed by atoms with Crippen LogP contribution in [-0.4, -0.2) is 33.0 Å². The van der Waals surface area contributed by atoms with Gasteiger partial charge >= 0.3 is 0 Å². The van der Waals surface area contributed by atoms with E-state index < -0.39 is 0 Å². The molecule has 0 N–H and O–H groups in total. The number of amides is 1. The Labute approximate surface area is 201 Å². The SMILES string of the molecule is CCSc1ccc(C(=O)N(CCn2nc(C)cc2C)c2nc3c(C)c(Cl)ccc3s2)cc1. The molecular weight excluding hydrogens is 460 g/mol. The minimum Gasteiger partial charge on any atom is -0.282 e. The van der Waals surface area contributed by atoms with E-state index in [2.05, 4.69) is 12.0 Å². The lowest BCUT2D eigenvalue weighted by molar-refractivity contribution is 0.0985. The van der Waals surface area contributed by atoms with Gasteiger partial charge in [0, 0.05) is 27.7 Å². The van der Waals surface area contributed by atoms with Crippen molar-refractivity contribution in [2.75, 3.05) is 17.2 Å². The van der Waals surface area contributed by atoms with E-state index in [0.29, 0.717) is 28.8 Å². The number of hydrogen-bond donors (Lipinski definition) is 0. The predicted octanol–water partition coefficient (Wildman–Crippen LogP) is 6.53. The summed E-state index contributed by atoms with van der Waals surface area (Å²) in [5.74, 6) is 0.928. The highest BCUT2D eigenvalue weighted by Gasteiger charge is 2.22. The second-order valence-corrected chi connectivity index (χ2v) is 10.3. The summed E-state index contributed by atoms with van der Waals surface area (Å²) in [6.07, 6.45) is 0. The molecule has 0 unspecified atom stereocenters. The third-order valence-electron chi connectivity index (χ3n) is 5.26. The number of halogens is 1. The number of aromatic nitrogens is 3. The van der Waals surface area contributed by atoms with Crippen LogP contribution in [0.5, 0.6) is 0 Å². The minimum atomic E-state index is -0.0672. The number of thioether (sulfide) groups is 1. The molecule has 166 valence electrons. The van der Waals surface area contributed by atoms with E-state index >= 15 is 0 Å². The zero-order chi connectivity index (χ0) is 22.8. The van der Waals surface area contributed by atoms with Crippen molar-refractivity contribution in [1.29, 1.82) is 0 Å². The molecule has 0 saturated carbocycles. The number of hydrogen-bond acceptors (Lipinski definition) is 5. The quantitative estimate of drug-likeness (QED) is 0.280. The van der Waals surface area contributed by atoms with Crippen molar-refractivity contribution in [3.05, 3.63) is 70.0 Å². The molecular formula is C24H25ClN4OS2. The zero-order valence-electron chi connectivity index (χ0n) is 18.6. The van der Waals surface area contributed by atoms with Crippen LogP contribution in [0.15, 0.2) is 47.4 Å². The van der Waals surface area contributed by atoms with Crippen molar-refractivity contribution >= 4 is 56.0 Å². The fraction of sp³-hybridized carbons (Fsp3) is 0.292. The van der Waals surface area contributed by atoms with Gasteiger partial charge in [-0.05, 0) is 74.6 Å². The average molecular weight is 485 g/mol. The molecule has 0 spiro atoms. The largest absolute Gasteiger partial charge is 0.282 e. The Morgan fingerprint density at radius 3 is 2.56 bits per heavy atom. The predicted molar refractivity (Wildman–Crippen MR) is 136 cm³/mol. The Bertz CT molecular complexity index is 1260. The van der Waals surface area contributed by atoms with Crippen molar-refractivity contribution < 1.29 is 4.79 Å². The van der Waals surface area contributed by atoms with Gasteiger partial charge in [0.15, 0.2) is 5.13 Å². The summed E-state index contributed by atoms with van der Waals surface area (Å²) in [5, 5.41) is 5.90. The van der Waals surface area contributed by atoms with Crippen molar-refractivity contribution in [2.24, 2.45) is 0 Å². The Morgan fingerprint density at radius 2 is 1.91 bits per heavy atom. The second kappa shape index (κ2) is 9.65. The van der Waals surface area contributed by atoms with Crippen molar-refractivity contribution in [1.82, 2.24) is 14.8 Å². The maximum atomic E-state index is 13.6. The topological polar surface area (TPSA) is 51.0 Å². The number of thiazole rings is 1. The standard InChI is InChI=1S/C24H25ClN4OS2/c1-5-31-19-8-6-18(7-9-19)23(30)28(12-13-29-16(3)14-15(2)27-29)24-26-22-17(4)20(25)10-11-21(22)32-24/h6-11,14H,5,12-13H2,1-4H3. The van der Waals surface area contributed by atoms with Gasteiger partial charge in [0.05, 0.1) is 22.5 Å². The van der Waals surface area contributed by atoms with Crippen LogP contribution < -0.4 is 4.90 Å². The maximum Gasteiger partial charge on any atom is 0.260 e. The van der Waals surface area contributed by atoms with E-state index in [1.54, 1.807) is 16.7 Å². The van der Waals surface area contributed by atoms with E-state index in [1.165, 1.54) is 11.3 Å². The molecule has 5 nitrogen and oxygen atoms in total. The fourth-order valence-corrected chi connectivity index (χ4v) is 5.46. The van der Waals surface area contributed by atoms with Crippen LogP contribution in [0.4, 0.5) is 5.13 Å². The van der Waals surface area contributed by atoms with Crippen LogP contribution in [0.3, 0.4) is 0 Å². The lowest BCUT2D eigenvalue weighted by atomic mass is 10.2. The molecule has 0 bridgehead atoms.